The van der Waals surface area contributed by atoms with Gasteiger partial charge in [0, 0.05) is 11.8 Å². The molecule has 24 heavy (non-hydrogen) atoms. The number of amides is 1. The third-order valence-electron chi connectivity index (χ3n) is 3.14. The third-order valence-corrected chi connectivity index (χ3v) is 3.14. The molecule has 2 aromatic carbocycles. The first-order chi connectivity index (χ1) is 11.2. The molecule has 0 saturated carbocycles. The highest BCUT2D eigenvalue weighted by Crippen LogP contribution is 2.42. The summed E-state index contributed by atoms with van der Waals surface area (Å²) in [5.74, 6) is -1.61. The molecule has 1 N–H and O–H groups in total. The molecule has 3 rings (SSSR count). The Morgan fingerprint density at radius 3 is 2.38 bits per heavy atom. The third kappa shape index (κ3) is 3.10. The number of anilines is 1. The molecule has 9 heteroatoms. The Morgan fingerprint density at radius 1 is 1.00 bits per heavy atom. The van der Waals surface area contributed by atoms with E-state index in [0.29, 0.717) is 0 Å². The number of nitrogens with one attached hydrogen (secondary N) is 1. The van der Waals surface area contributed by atoms with Gasteiger partial charge in [-0.05, 0) is 24.3 Å². The Balaban J connectivity index is 1.85. The first-order valence-corrected chi connectivity index (χ1v) is 6.53. The summed E-state index contributed by atoms with van der Waals surface area (Å²) in [5, 5.41) is 2.21. The summed E-state index contributed by atoms with van der Waals surface area (Å²) in [6, 6.07) is 7.57. The van der Waals surface area contributed by atoms with Gasteiger partial charge in [-0.1, -0.05) is 12.1 Å². The van der Waals surface area contributed by atoms with Crippen molar-refractivity contribution in [2.45, 2.75) is 12.5 Å². The number of halogens is 5. The molecule has 1 aliphatic rings. The SMILES string of the molecule is O=C(Nc1ccc2c(c1)OC(F)(F)O2)c1ccccc1C(F)(F)F. The van der Waals surface area contributed by atoms with Gasteiger partial charge in [0.15, 0.2) is 11.5 Å². The maximum Gasteiger partial charge on any atom is 0.586 e. The Bertz CT molecular complexity index is 804. The molecular weight excluding hydrogens is 337 g/mol. The van der Waals surface area contributed by atoms with Crippen LogP contribution in [0.15, 0.2) is 42.5 Å². The quantitative estimate of drug-likeness (QED) is 0.827. The first-order valence-electron chi connectivity index (χ1n) is 6.53. The molecule has 0 saturated heterocycles. The van der Waals surface area contributed by atoms with E-state index >= 15 is 0 Å². The maximum absolute atomic E-state index is 12.9. The molecular formula is C15H8F5NO3. The van der Waals surface area contributed by atoms with Crippen LogP contribution in [0.3, 0.4) is 0 Å². The van der Waals surface area contributed by atoms with Crippen LogP contribution in [0, 0.1) is 0 Å². The minimum Gasteiger partial charge on any atom is -0.395 e. The van der Waals surface area contributed by atoms with Crippen LogP contribution >= 0.6 is 0 Å². The highest BCUT2D eigenvalue weighted by Gasteiger charge is 2.43. The Labute approximate surface area is 131 Å². The van der Waals surface area contributed by atoms with E-state index in [1.165, 1.54) is 12.1 Å². The monoisotopic (exact) mass is 345 g/mol. The lowest BCUT2D eigenvalue weighted by Crippen LogP contribution is -2.25. The molecule has 4 nitrogen and oxygen atoms in total. The van der Waals surface area contributed by atoms with Crippen molar-refractivity contribution in [1.82, 2.24) is 0 Å². The number of carbonyl (C=O) groups excluding carboxylic acids is 1. The van der Waals surface area contributed by atoms with Crippen LogP contribution in [0.2, 0.25) is 0 Å². The van der Waals surface area contributed by atoms with Crippen molar-refractivity contribution >= 4 is 11.6 Å². The Kier molecular flexibility index (Phi) is 3.58. The average Bonchev–Trinajstić information content (AvgIpc) is 2.79. The van der Waals surface area contributed by atoms with Gasteiger partial charge in [0.25, 0.3) is 5.91 Å². The van der Waals surface area contributed by atoms with E-state index in [4.69, 9.17) is 0 Å². The number of fused-ring (bicyclic) bond motifs is 1. The number of alkyl halides is 5. The molecule has 2 aromatic rings. The van der Waals surface area contributed by atoms with Crippen molar-refractivity contribution < 1.29 is 36.2 Å². The van der Waals surface area contributed by atoms with E-state index < -0.39 is 29.5 Å². The van der Waals surface area contributed by atoms with Crippen LogP contribution in [0.4, 0.5) is 27.6 Å². The van der Waals surface area contributed by atoms with Gasteiger partial charge >= 0.3 is 12.5 Å². The van der Waals surface area contributed by atoms with Crippen molar-refractivity contribution in [1.29, 1.82) is 0 Å². The van der Waals surface area contributed by atoms with Crippen molar-refractivity contribution in [3.8, 4) is 11.5 Å². The van der Waals surface area contributed by atoms with Gasteiger partial charge in [-0.15, -0.1) is 8.78 Å². The van der Waals surface area contributed by atoms with Gasteiger partial charge in [-0.2, -0.15) is 13.2 Å². The normalized spacial score (nSPS) is 15.2. The van der Waals surface area contributed by atoms with Gasteiger partial charge < -0.3 is 14.8 Å². The number of hydrogen-bond donors (Lipinski definition) is 1. The summed E-state index contributed by atoms with van der Waals surface area (Å²) < 4.78 is 73.0. The lowest BCUT2D eigenvalue weighted by atomic mass is 10.1. The van der Waals surface area contributed by atoms with E-state index in [2.05, 4.69) is 14.8 Å². The van der Waals surface area contributed by atoms with Gasteiger partial charge in [-0.25, -0.2) is 0 Å². The number of rotatable bonds is 2. The summed E-state index contributed by atoms with van der Waals surface area (Å²) in [6.45, 7) is 0. The van der Waals surface area contributed by atoms with Crippen molar-refractivity contribution in [2.24, 2.45) is 0 Å². The molecule has 0 fully saturated rings. The van der Waals surface area contributed by atoms with Gasteiger partial charge in [0.1, 0.15) is 0 Å². The number of carbonyl (C=O) groups is 1. The second kappa shape index (κ2) is 5.36. The van der Waals surface area contributed by atoms with Gasteiger partial charge in [-0.3, -0.25) is 4.79 Å². The Morgan fingerprint density at radius 2 is 1.67 bits per heavy atom. The molecule has 0 spiro atoms. The van der Waals surface area contributed by atoms with E-state index in [1.807, 2.05) is 0 Å². The standard InChI is InChI=1S/C15H8F5NO3/c16-14(17,18)10-4-2-1-3-9(10)13(22)21-8-5-6-11-12(7-8)24-15(19,20)23-11/h1-7H,(H,21,22). The Hall–Kier alpha value is -2.84. The molecule has 0 bridgehead atoms. The minimum absolute atomic E-state index is 0.0166. The summed E-state index contributed by atoms with van der Waals surface area (Å²) in [5.41, 5.74) is -1.71. The van der Waals surface area contributed by atoms with E-state index in [-0.39, 0.29) is 17.2 Å². The maximum atomic E-state index is 12.9. The fourth-order valence-electron chi connectivity index (χ4n) is 2.15. The molecule has 0 atom stereocenters. The first kappa shape index (κ1) is 16.0. The topological polar surface area (TPSA) is 47.6 Å². The molecule has 0 aromatic heterocycles. The molecule has 1 aliphatic heterocycles. The lowest BCUT2D eigenvalue weighted by Gasteiger charge is -2.12. The second-order valence-corrected chi connectivity index (χ2v) is 4.83. The van der Waals surface area contributed by atoms with E-state index in [0.717, 1.165) is 30.3 Å². The highest BCUT2D eigenvalue weighted by atomic mass is 19.4. The second-order valence-electron chi connectivity index (χ2n) is 4.83. The zero-order valence-electron chi connectivity index (χ0n) is 11.7. The zero-order valence-corrected chi connectivity index (χ0v) is 11.7. The zero-order chi connectivity index (χ0) is 17.5. The van der Waals surface area contributed by atoms with Crippen LogP contribution in [0.5, 0.6) is 11.5 Å². The summed E-state index contributed by atoms with van der Waals surface area (Å²) in [7, 11) is 0. The predicted octanol–water partition coefficient (Wildman–Crippen LogP) is 4.28. The van der Waals surface area contributed by atoms with Gasteiger partial charge in [0.2, 0.25) is 0 Å². The number of hydrogen-bond acceptors (Lipinski definition) is 3. The van der Waals surface area contributed by atoms with Gasteiger partial charge in [0.05, 0.1) is 11.1 Å². The van der Waals surface area contributed by atoms with Crippen LogP contribution in [0.1, 0.15) is 15.9 Å². The fraction of sp³-hybridized carbons (Fsp3) is 0.133. The molecule has 0 radical (unpaired) electrons. The summed E-state index contributed by atoms with van der Waals surface area (Å²) in [6.07, 6.45) is -8.53. The largest absolute Gasteiger partial charge is 0.586 e. The number of benzene rings is 2. The fourth-order valence-corrected chi connectivity index (χ4v) is 2.15. The average molecular weight is 345 g/mol. The molecule has 126 valence electrons. The highest BCUT2D eigenvalue weighted by molar-refractivity contribution is 6.05. The van der Waals surface area contributed by atoms with E-state index in [9.17, 15) is 26.7 Å². The van der Waals surface area contributed by atoms with Crippen molar-refractivity contribution in [3.05, 3.63) is 53.6 Å². The van der Waals surface area contributed by atoms with Crippen molar-refractivity contribution in [2.75, 3.05) is 5.32 Å². The van der Waals surface area contributed by atoms with Crippen LogP contribution in [-0.2, 0) is 6.18 Å². The molecule has 1 heterocycles. The van der Waals surface area contributed by atoms with E-state index in [1.54, 1.807) is 0 Å². The lowest BCUT2D eigenvalue weighted by molar-refractivity contribution is -0.286. The molecule has 0 unspecified atom stereocenters. The van der Waals surface area contributed by atoms with Crippen LogP contribution < -0.4 is 14.8 Å². The van der Waals surface area contributed by atoms with Crippen LogP contribution in [-0.4, -0.2) is 12.2 Å². The smallest absolute Gasteiger partial charge is 0.395 e. The molecule has 1 amide bonds. The summed E-state index contributed by atoms with van der Waals surface area (Å²) >= 11 is 0. The van der Waals surface area contributed by atoms with Crippen LogP contribution in [0.25, 0.3) is 0 Å². The summed E-state index contributed by atoms with van der Waals surface area (Å²) in [4.78, 5) is 12.1. The number of ether oxygens (including phenoxy) is 2. The molecule has 0 aliphatic carbocycles. The predicted molar refractivity (Wildman–Crippen MR) is 72.0 cm³/mol. The minimum atomic E-state index is -4.70. The van der Waals surface area contributed by atoms with Crippen molar-refractivity contribution in [3.63, 3.8) is 0 Å².